The average molecular weight is 305 g/mol. The first-order valence-electron chi connectivity index (χ1n) is 8.00. The van der Waals surface area contributed by atoms with Crippen LogP contribution in [0, 0.1) is 6.92 Å². The largest absolute Gasteiger partial charge is 0.508 e. The molecule has 1 aliphatic heterocycles. The van der Waals surface area contributed by atoms with E-state index in [0.29, 0.717) is 13.0 Å². The van der Waals surface area contributed by atoms with Gasteiger partial charge in [-0.3, -0.25) is 9.69 Å². The average Bonchev–Trinajstić information content (AvgIpc) is 2.41. The van der Waals surface area contributed by atoms with Crippen molar-refractivity contribution in [3.8, 4) is 5.75 Å². The summed E-state index contributed by atoms with van der Waals surface area (Å²) in [6.45, 7) is 9.69. The Morgan fingerprint density at radius 3 is 2.59 bits per heavy atom. The Bertz CT molecular complexity index is 560. The molecule has 0 saturated carbocycles. The Hall–Kier alpha value is -1.55. The van der Waals surface area contributed by atoms with Gasteiger partial charge in [0.2, 0.25) is 0 Å². The van der Waals surface area contributed by atoms with Crippen molar-refractivity contribution < 1.29 is 15.0 Å². The summed E-state index contributed by atoms with van der Waals surface area (Å²) in [4.78, 5) is 13.4. The maximum Gasteiger partial charge on any atom is 0.320 e. The van der Waals surface area contributed by atoms with Crippen molar-refractivity contribution >= 4 is 5.97 Å². The first kappa shape index (κ1) is 16.8. The molecule has 0 radical (unpaired) electrons. The van der Waals surface area contributed by atoms with Gasteiger partial charge in [0.05, 0.1) is 0 Å². The second kappa shape index (κ2) is 6.29. The zero-order valence-corrected chi connectivity index (χ0v) is 14.0. The van der Waals surface area contributed by atoms with E-state index in [1.807, 2.05) is 17.0 Å². The van der Waals surface area contributed by atoms with Gasteiger partial charge in [0, 0.05) is 12.1 Å². The fourth-order valence-corrected chi connectivity index (χ4v) is 3.37. The van der Waals surface area contributed by atoms with E-state index in [-0.39, 0.29) is 11.2 Å². The van der Waals surface area contributed by atoms with Crippen LogP contribution in [-0.4, -0.2) is 33.7 Å². The van der Waals surface area contributed by atoms with Crippen LogP contribution in [0.15, 0.2) is 12.1 Å². The van der Waals surface area contributed by atoms with Crippen molar-refractivity contribution in [3.63, 3.8) is 0 Å². The highest BCUT2D eigenvalue weighted by Crippen LogP contribution is 2.32. The number of hydrogen-bond acceptors (Lipinski definition) is 3. The van der Waals surface area contributed by atoms with E-state index < -0.39 is 12.0 Å². The molecule has 2 rings (SSSR count). The first-order valence-corrected chi connectivity index (χ1v) is 8.00. The number of phenols is 1. The molecule has 1 aromatic rings. The maximum absolute atomic E-state index is 11.4. The minimum atomic E-state index is -0.762. The van der Waals surface area contributed by atoms with Gasteiger partial charge >= 0.3 is 5.97 Å². The van der Waals surface area contributed by atoms with E-state index >= 15 is 0 Å². The summed E-state index contributed by atoms with van der Waals surface area (Å²) < 4.78 is 0. The van der Waals surface area contributed by atoms with Crippen LogP contribution in [0.5, 0.6) is 5.75 Å². The second-order valence-electron chi connectivity index (χ2n) is 7.37. The number of aliphatic carboxylic acids is 1. The SMILES string of the molecule is Cc1cc(CN2CCCC[C@H]2C(=O)O)c(O)cc1C(C)(C)C. The fraction of sp³-hybridized carbons (Fsp3) is 0.611. The van der Waals surface area contributed by atoms with E-state index in [0.717, 1.165) is 36.1 Å². The molecule has 4 nitrogen and oxygen atoms in total. The first-order chi connectivity index (χ1) is 10.2. The number of hydrogen-bond donors (Lipinski definition) is 2. The van der Waals surface area contributed by atoms with Crippen molar-refractivity contribution in [2.24, 2.45) is 0 Å². The lowest BCUT2D eigenvalue weighted by atomic mass is 9.83. The predicted octanol–water partition coefficient (Wildman–Crippen LogP) is 3.44. The number of carboxylic acids is 1. The van der Waals surface area contributed by atoms with Gasteiger partial charge in [-0.25, -0.2) is 0 Å². The number of phenolic OH excluding ortho intramolecular Hbond substituents is 1. The highest BCUT2D eigenvalue weighted by molar-refractivity contribution is 5.73. The Morgan fingerprint density at radius 1 is 1.32 bits per heavy atom. The Labute approximate surface area is 132 Å². The van der Waals surface area contributed by atoms with Crippen LogP contribution in [-0.2, 0) is 16.8 Å². The highest BCUT2D eigenvalue weighted by atomic mass is 16.4. The molecule has 1 atom stereocenters. The molecular formula is C18H27NO3. The summed E-state index contributed by atoms with van der Waals surface area (Å²) in [6.07, 6.45) is 2.67. The molecule has 0 unspecified atom stereocenters. The molecule has 22 heavy (non-hydrogen) atoms. The molecule has 2 N–H and O–H groups in total. The monoisotopic (exact) mass is 305 g/mol. The number of carboxylic acid groups (broad SMARTS) is 1. The molecular weight excluding hydrogens is 278 g/mol. The van der Waals surface area contributed by atoms with Crippen LogP contribution in [0.4, 0.5) is 0 Å². The predicted molar refractivity (Wildman–Crippen MR) is 87.2 cm³/mol. The third kappa shape index (κ3) is 3.61. The lowest BCUT2D eigenvalue weighted by Crippen LogP contribution is -2.44. The van der Waals surface area contributed by atoms with E-state index in [9.17, 15) is 15.0 Å². The van der Waals surface area contributed by atoms with Gasteiger partial charge in [-0.1, -0.05) is 33.3 Å². The van der Waals surface area contributed by atoms with Crippen molar-refractivity contribution in [1.29, 1.82) is 0 Å². The van der Waals surface area contributed by atoms with Crippen LogP contribution in [0.3, 0.4) is 0 Å². The van der Waals surface area contributed by atoms with Crippen LogP contribution in [0.1, 0.15) is 56.7 Å². The minimum Gasteiger partial charge on any atom is -0.508 e. The number of nitrogens with zero attached hydrogens (tertiary/aromatic N) is 1. The van der Waals surface area contributed by atoms with Crippen molar-refractivity contribution in [2.45, 2.75) is 65.0 Å². The summed E-state index contributed by atoms with van der Waals surface area (Å²) in [6, 6.07) is 3.41. The number of carbonyl (C=O) groups is 1. The van der Waals surface area contributed by atoms with Gasteiger partial charge in [-0.05, 0) is 48.9 Å². The Morgan fingerprint density at radius 2 is 2.00 bits per heavy atom. The molecule has 1 aliphatic rings. The zero-order valence-electron chi connectivity index (χ0n) is 14.0. The van der Waals surface area contributed by atoms with E-state index in [2.05, 4.69) is 27.7 Å². The lowest BCUT2D eigenvalue weighted by molar-refractivity contribution is -0.144. The summed E-state index contributed by atoms with van der Waals surface area (Å²) in [7, 11) is 0. The molecule has 0 bridgehead atoms. The number of aromatic hydroxyl groups is 1. The van der Waals surface area contributed by atoms with Gasteiger partial charge in [0.25, 0.3) is 0 Å². The quantitative estimate of drug-likeness (QED) is 0.898. The van der Waals surface area contributed by atoms with Gasteiger partial charge in [-0.2, -0.15) is 0 Å². The molecule has 1 fully saturated rings. The van der Waals surface area contributed by atoms with E-state index in [4.69, 9.17) is 0 Å². The van der Waals surface area contributed by atoms with Crippen LogP contribution in [0.25, 0.3) is 0 Å². The number of piperidine rings is 1. The van der Waals surface area contributed by atoms with Gasteiger partial charge < -0.3 is 10.2 Å². The molecule has 4 heteroatoms. The molecule has 122 valence electrons. The topological polar surface area (TPSA) is 60.8 Å². The molecule has 1 saturated heterocycles. The standard InChI is InChI=1S/C18H27NO3/c1-12-9-13(16(20)10-14(12)18(2,3)4)11-19-8-6-5-7-15(19)17(21)22/h9-10,15,20H,5-8,11H2,1-4H3,(H,21,22)/t15-/m0/s1. The van der Waals surface area contributed by atoms with Gasteiger partial charge in [0.15, 0.2) is 0 Å². The second-order valence-corrected chi connectivity index (χ2v) is 7.37. The van der Waals surface area contributed by atoms with Crippen molar-refractivity contribution in [1.82, 2.24) is 4.90 Å². The smallest absolute Gasteiger partial charge is 0.320 e. The van der Waals surface area contributed by atoms with Gasteiger partial charge in [0.1, 0.15) is 11.8 Å². The molecule has 0 amide bonds. The number of rotatable bonds is 3. The third-order valence-electron chi connectivity index (χ3n) is 4.51. The summed E-state index contributed by atoms with van der Waals surface area (Å²) in [5.74, 6) is -0.493. The molecule has 1 aromatic carbocycles. The number of benzene rings is 1. The molecule has 1 heterocycles. The van der Waals surface area contributed by atoms with Crippen LogP contribution in [0.2, 0.25) is 0 Å². The summed E-state index contributed by atoms with van der Waals surface area (Å²) in [5.41, 5.74) is 3.07. The van der Waals surface area contributed by atoms with Crippen LogP contribution < -0.4 is 0 Å². The molecule has 0 spiro atoms. The lowest BCUT2D eigenvalue weighted by Gasteiger charge is -2.33. The van der Waals surface area contributed by atoms with Gasteiger partial charge in [-0.15, -0.1) is 0 Å². The third-order valence-corrected chi connectivity index (χ3v) is 4.51. The van der Waals surface area contributed by atoms with Crippen LogP contribution >= 0.6 is 0 Å². The van der Waals surface area contributed by atoms with Crippen molar-refractivity contribution in [3.05, 3.63) is 28.8 Å². The minimum absolute atomic E-state index is 0.0190. The normalized spacial score (nSPS) is 20.1. The van der Waals surface area contributed by atoms with E-state index in [1.54, 1.807) is 0 Å². The molecule has 0 aliphatic carbocycles. The summed E-state index contributed by atoms with van der Waals surface area (Å²) >= 11 is 0. The Balaban J connectivity index is 2.26. The van der Waals surface area contributed by atoms with E-state index in [1.165, 1.54) is 0 Å². The number of likely N-dealkylation sites (tertiary alicyclic amines) is 1. The number of aryl methyl sites for hydroxylation is 1. The Kier molecular flexibility index (Phi) is 4.81. The highest BCUT2D eigenvalue weighted by Gasteiger charge is 2.29. The molecule has 0 aromatic heterocycles. The summed E-state index contributed by atoms with van der Waals surface area (Å²) in [5, 5.41) is 19.7. The van der Waals surface area contributed by atoms with Crippen molar-refractivity contribution in [2.75, 3.05) is 6.54 Å². The maximum atomic E-state index is 11.4. The zero-order chi connectivity index (χ0) is 16.5. The fourth-order valence-electron chi connectivity index (χ4n) is 3.37.